The Bertz CT molecular complexity index is 604. The maximum Gasteiger partial charge on any atom is 0.330 e. The summed E-state index contributed by atoms with van der Waals surface area (Å²) in [4.78, 5) is 32.4. The van der Waals surface area contributed by atoms with Crippen LogP contribution in [0.15, 0.2) is 36.9 Å². The van der Waals surface area contributed by atoms with Crippen LogP contribution in [0.1, 0.15) is 51.4 Å². The molecule has 0 aliphatic heterocycles. The second-order valence-electron chi connectivity index (χ2n) is 7.39. The average Bonchev–Trinajstić information content (AvgIpc) is 2.76. The third kappa shape index (κ3) is 9.61. The Morgan fingerprint density at radius 2 is 1.62 bits per heavy atom. The number of esters is 1. The molecule has 2 rings (SSSR count). The van der Waals surface area contributed by atoms with E-state index in [0.717, 1.165) is 63.4 Å². The van der Waals surface area contributed by atoms with Crippen LogP contribution in [-0.4, -0.2) is 32.1 Å². The summed E-state index contributed by atoms with van der Waals surface area (Å²) in [6, 6.07) is 7.38. The molecule has 0 bridgehead atoms. The Labute approximate surface area is 173 Å². The lowest BCUT2D eigenvalue weighted by Crippen LogP contribution is -2.20. The van der Waals surface area contributed by atoms with Gasteiger partial charge in [-0.2, -0.15) is 4.89 Å². The maximum atomic E-state index is 10.9. The second-order valence-corrected chi connectivity index (χ2v) is 7.39. The predicted molar refractivity (Wildman–Crippen MR) is 110 cm³/mol. The van der Waals surface area contributed by atoms with Gasteiger partial charge in [-0.25, -0.2) is 4.79 Å². The SMILES string of the molecule is C=CC(=O)OCCCCCCOc1ccc(OOCC2CCC(C=O)CC2)cc1. The number of unbranched alkanes of at least 4 members (excludes halogenated alkanes) is 3. The molecule has 0 saturated heterocycles. The van der Waals surface area contributed by atoms with Gasteiger partial charge in [0.2, 0.25) is 0 Å². The van der Waals surface area contributed by atoms with Crippen LogP contribution in [0, 0.1) is 11.8 Å². The van der Waals surface area contributed by atoms with Crippen molar-refractivity contribution in [2.24, 2.45) is 11.8 Å². The van der Waals surface area contributed by atoms with E-state index in [4.69, 9.17) is 19.2 Å². The summed E-state index contributed by atoms with van der Waals surface area (Å²) in [6.07, 6.45) is 9.99. The van der Waals surface area contributed by atoms with Gasteiger partial charge in [-0.15, -0.1) is 0 Å². The summed E-state index contributed by atoms with van der Waals surface area (Å²) in [6.45, 7) is 4.99. The first-order valence-electron chi connectivity index (χ1n) is 10.5. The van der Waals surface area contributed by atoms with Crippen LogP contribution in [0.5, 0.6) is 11.5 Å². The molecule has 0 heterocycles. The van der Waals surface area contributed by atoms with Crippen molar-refractivity contribution in [2.45, 2.75) is 51.4 Å². The molecule has 1 saturated carbocycles. The second kappa shape index (κ2) is 13.8. The largest absolute Gasteiger partial charge is 0.494 e. The lowest BCUT2D eigenvalue weighted by atomic mass is 9.83. The van der Waals surface area contributed by atoms with Crippen molar-refractivity contribution in [3.63, 3.8) is 0 Å². The van der Waals surface area contributed by atoms with Crippen molar-refractivity contribution in [3.05, 3.63) is 36.9 Å². The smallest absolute Gasteiger partial charge is 0.330 e. The van der Waals surface area contributed by atoms with Gasteiger partial charge in [-0.3, -0.25) is 0 Å². The highest BCUT2D eigenvalue weighted by atomic mass is 17.2. The third-order valence-corrected chi connectivity index (χ3v) is 5.08. The minimum atomic E-state index is -0.368. The zero-order chi connectivity index (χ0) is 20.7. The van der Waals surface area contributed by atoms with Gasteiger partial charge >= 0.3 is 5.97 Å². The topological polar surface area (TPSA) is 71.1 Å². The first-order chi connectivity index (χ1) is 14.2. The van der Waals surface area contributed by atoms with Crippen molar-refractivity contribution >= 4 is 12.3 Å². The van der Waals surface area contributed by atoms with E-state index >= 15 is 0 Å². The molecule has 0 atom stereocenters. The molecule has 1 aromatic carbocycles. The molecule has 160 valence electrons. The summed E-state index contributed by atoms with van der Waals surface area (Å²) in [5.74, 6) is 1.76. The van der Waals surface area contributed by atoms with E-state index in [-0.39, 0.29) is 11.9 Å². The maximum absolute atomic E-state index is 10.9. The third-order valence-electron chi connectivity index (χ3n) is 5.08. The summed E-state index contributed by atoms with van der Waals surface area (Å²) >= 11 is 0. The Morgan fingerprint density at radius 3 is 2.28 bits per heavy atom. The Kier molecular flexibility index (Phi) is 10.9. The predicted octanol–water partition coefficient (Wildman–Crippen LogP) is 4.67. The van der Waals surface area contributed by atoms with Crippen molar-refractivity contribution in [2.75, 3.05) is 19.8 Å². The standard InChI is InChI=1S/C23H32O6/c1-2-23(25)27-16-6-4-3-5-15-26-21-11-13-22(14-12-21)29-28-18-20-9-7-19(17-24)8-10-20/h2,11-14,17,19-20H,1,3-10,15-16,18H2. The van der Waals surface area contributed by atoms with Crippen LogP contribution in [-0.2, 0) is 19.2 Å². The molecule has 0 spiro atoms. The van der Waals surface area contributed by atoms with Gasteiger partial charge in [0.05, 0.1) is 19.8 Å². The quantitative estimate of drug-likeness (QED) is 0.112. The van der Waals surface area contributed by atoms with E-state index in [1.807, 2.05) is 24.3 Å². The number of hydrogen-bond acceptors (Lipinski definition) is 6. The fourth-order valence-corrected chi connectivity index (χ4v) is 3.26. The van der Waals surface area contributed by atoms with Crippen LogP contribution >= 0.6 is 0 Å². The number of rotatable bonds is 14. The van der Waals surface area contributed by atoms with Crippen LogP contribution in [0.2, 0.25) is 0 Å². The van der Waals surface area contributed by atoms with Gasteiger partial charge < -0.3 is 19.2 Å². The normalized spacial score (nSPS) is 18.6. The number of carbonyl (C=O) groups is 2. The van der Waals surface area contributed by atoms with Crippen molar-refractivity contribution in [1.29, 1.82) is 0 Å². The highest BCUT2D eigenvalue weighted by molar-refractivity contribution is 5.81. The van der Waals surface area contributed by atoms with Crippen LogP contribution in [0.25, 0.3) is 0 Å². The Balaban J connectivity index is 1.49. The van der Waals surface area contributed by atoms with E-state index in [9.17, 15) is 9.59 Å². The molecule has 29 heavy (non-hydrogen) atoms. The first kappa shape index (κ1) is 22.9. The molecule has 0 radical (unpaired) electrons. The van der Waals surface area contributed by atoms with Crippen LogP contribution in [0.3, 0.4) is 0 Å². The molecule has 0 aromatic heterocycles. The minimum absolute atomic E-state index is 0.224. The number of carbonyl (C=O) groups excluding carboxylic acids is 2. The van der Waals surface area contributed by atoms with Crippen molar-refractivity contribution in [3.8, 4) is 11.5 Å². The van der Waals surface area contributed by atoms with Crippen LogP contribution in [0.4, 0.5) is 0 Å². The molecule has 1 aliphatic rings. The minimum Gasteiger partial charge on any atom is -0.494 e. The summed E-state index contributed by atoms with van der Waals surface area (Å²) in [5, 5.41) is 0. The lowest BCUT2D eigenvalue weighted by molar-refractivity contribution is -0.218. The number of aldehydes is 1. The Morgan fingerprint density at radius 1 is 0.966 bits per heavy atom. The Hall–Kier alpha value is -2.34. The molecule has 0 amide bonds. The molecule has 6 heteroatoms. The number of hydrogen-bond donors (Lipinski definition) is 0. The van der Waals surface area contributed by atoms with Crippen LogP contribution < -0.4 is 9.62 Å². The fraction of sp³-hybridized carbons (Fsp3) is 0.565. The lowest BCUT2D eigenvalue weighted by Gasteiger charge is -2.24. The van der Waals surface area contributed by atoms with Gasteiger partial charge in [0.15, 0.2) is 5.75 Å². The van der Waals surface area contributed by atoms with E-state index < -0.39 is 0 Å². The van der Waals surface area contributed by atoms with Crippen molar-refractivity contribution < 1.29 is 28.8 Å². The first-order valence-corrected chi connectivity index (χ1v) is 10.5. The summed E-state index contributed by atoms with van der Waals surface area (Å²) < 4.78 is 10.6. The zero-order valence-electron chi connectivity index (χ0n) is 17.1. The monoisotopic (exact) mass is 404 g/mol. The molecule has 1 aliphatic carbocycles. The highest BCUT2D eigenvalue weighted by Crippen LogP contribution is 2.28. The van der Waals surface area contributed by atoms with Gasteiger partial charge in [0.1, 0.15) is 12.0 Å². The van der Waals surface area contributed by atoms with Gasteiger partial charge in [0.25, 0.3) is 0 Å². The van der Waals surface area contributed by atoms with E-state index in [2.05, 4.69) is 6.58 Å². The van der Waals surface area contributed by atoms with E-state index in [1.54, 1.807) is 0 Å². The van der Waals surface area contributed by atoms with Gasteiger partial charge in [-0.05, 0) is 81.5 Å². The molecule has 0 unspecified atom stereocenters. The average molecular weight is 405 g/mol. The molecule has 1 fully saturated rings. The molecule has 0 N–H and O–H groups in total. The molecule has 6 nitrogen and oxygen atoms in total. The molecule has 1 aromatic rings. The van der Waals surface area contributed by atoms with Gasteiger partial charge in [-0.1, -0.05) is 6.58 Å². The zero-order valence-corrected chi connectivity index (χ0v) is 17.1. The van der Waals surface area contributed by atoms with E-state index in [1.165, 1.54) is 6.08 Å². The number of benzene rings is 1. The molecular weight excluding hydrogens is 372 g/mol. The molecular formula is C23H32O6. The van der Waals surface area contributed by atoms with Gasteiger partial charge in [0, 0.05) is 12.0 Å². The van der Waals surface area contributed by atoms with E-state index in [0.29, 0.717) is 31.5 Å². The fourth-order valence-electron chi connectivity index (χ4n) is 3.26. The summed E-state index contributed by atoms with van der Waals surface area (Å²) in [5.41, 5.74) is 0. The summed E-state index contributed by atoms with van der Waals surface area (Å²) in [7, 11) is 0. The van der Waals surface area contributed by atoms with Crippen molar-refractivity contribution in [1.82, 2.24) is 0 Å². The number of ether oxygens (including phenoxy) is 2. The highest BCUT2D eigenvalue weighted by Gasteiger charge is 2.21.